The fourth-order valence-corrected chi connectivity index (χ4v) is 2.74. The standard InChI is InChI=1S/C19H15FN4O2/c20-15-10-14(6-7-17(15)24-9-8-21-12-24)22-19(25)18-11-16(23-26-18)13-4-2-1-3-5-13/h1-10,12,18H,11H2,(H,22,25). The molecule has 4 rings (SSSR count). The molecule has 7 heteroatoms. The van der Waals surface area contributed by atoms with Crippen LogP contribution in [-0.2, 0) is 9.63 Å². The summed E-state index contributed by atoms with van der Waals surface area (Å²) < 4.78 is 15.8. The second kappa shape index (κ2) is 6.79. The van der Waals surface area contributed by atoms with Gasteiger partial charge in [0.15, 0.2) is 0 Å². The van der Waals surface area contributed by atoms with Gasteiger partial charge in [-0.1, -0.05) is 35.5 Å². The minimum Gasteiger partial charge on any atom is -0.382 e. The summed E-state index contributed by atoms with van der Waals surface area (Å²) in [6, 6.07) is 14.0. The summed E-state index contributed by atoms with van der Waals surface area (Å²) in [5.41, 5.74) is 2.34. The third kappa shape index (κ3) is 3.19. The van der Waals surface area contributed by atoms with Crippen molar-refractivity contribution in [1.29, 1.82) is 0 Å². The first kappa shape index (κ1) is 16.0. The van der Waals surface area contributed by atoms with Crippen molar-refractivity contribution in [1.82, 2.24) is 9.55 Å². The van der Waals surface area contributed by atoms with Crippen LogP contribution in [0.3, 0.4) is 0 Å². The second-order valence-corrected chi connectivity index (χ2v) is 5.83. The van der Waals surface area contributed by atoms with Gasteiger partial charge in [-0.3, -0.25) is 4.79 Å². The van der Waals surface area contributed by atoms with Crippen LogP contribution in [0.25, 0.3) is 5.69 Å². The molecule has 0 saturated heterocycles. The maximum atomic E-state index is 14.3. The molecule has 2 heterocycles. The molecule has 2 aromatic carbocycles. The first-order valence-electron chi connectivity index (χ1n) is 8.07. The van der Waals surface area contributed by atoms with Crippen LogP contribution in [-0.4, -0.2) is 27.3 Å². The molecule has 1 aliphatic heterocycles. The molecule has 1 aromatic heterocycles. The zero-order valence-corrected chi connectivity index (χ0v) is 13.7. The number of amides is 1. The van der Waals surface area contributed by atoms with Crippen LogP contribution in [0.1, 0.15) is 12.0 Å². The number of hydrogen-bond donors (Lipinski definition) is 1. The summed E-state index contributed by atoms with van der Waals surface area (Å²) in [7, 11) is 0. The smallest absolute Gasteiger partial charge is 0.268 e. The molecule has 1 aliphatic rings. The normalized spacial score (nSPS) is 16.0. The van der Waals surface area contributed by atoms with Gasteiger partial charge in [0.05, 0.1) is 17.7 Å². The Morgan fingerprint density at radius 1 is 1.23 bits per heavy atom. The molecule has 0 aliphatic carbocycles. The number of rotatable bonds is 4. The van der Waals surface area contributed by atoms with Crippen molar-refractivity contribution in [3.63, 3.8) is 0 Å². The molecular weight excluding hydrogens is 335 g/mol. The van der Waals surface area contributed by atoms with E-state index in [-0.39, 0.29) is 5.91 Å². The van der Waals surface area contributed by atoms with Crippen LogP contribution in [0.5, 0.6) is 0 Å². The van der Waals surface area contributed by atoms with Gasteiger partial charge in [0.2, 0.25) is 6.10 Å². The SMILES string of the molecule is O=C(Nc1ccc(-n2ccnc2)c(F)c1)C1CC(c2ccccc2)=NO1. The largest absolute Gasteiger partial charge is 0.382 e. The van der Waals surface area contributed by atoms with Crippen LogP contribution in [0.2, 0.25) is 0 Å². The van der Waals surface area contributed by atoms with Gasteiger partial charge >= 0.3 is 0 Å². The molecule has 3 aromatic rings. The Labute approximate surface area is 148 Å². The van der Waals surface area contributed by atoms with E-state index < -0.39 is 11.9 Å². The topological polar surface area (TPSA) is 68.5 Å². The Morgan fingerprint density at radius 2 is 2.08 bits per heavy atom. The molecule has 0 saturated carbocycles. The van der Waals surface area contributed by atoms with E-state index in [1.165, 1.54) is 12.4 Å². The Hall–Kier alpha value is -3.48. The highest BCUT2D eigenvalue weighted by Crippen LogP contribution is 2.21. The summed E-state index contributed by atoms with van der Waals surface area (Å²) in [5.74, 6) is -0.830. The number of nitrogens with zero attached hydrogens (tertiary/aromatic N) is 3. The summed E-state index contributed by atoms with van der Waals surface area (Å²) in [5, 5.41) is 6.65. The van der Waals surface area contributed by atoms with Crippen LogP contribution in [0.15, 0.2) is 72.4 Å². The van der Waals surface area contributed by atoms with Gasteiger partial charge in [-0.2, -0.15) is 0 Å². The molecule has 1 unspecified atom stereocenters. The van der Waals surface area contributed by atoms with E-state index in [0.29, 0.717) is 23.5 Å². The average Bonchev–Trinajstić information content (AvgIpc) is 3.35. The predicted molar refractivity (Wildman–Crippen MR) is 94.6 cm³/mol. The Morgan fingerprint density at radius 3 is 2.81 bits per heavy atom. The lowest BCUT2D eigenvalue weighted by atomic mass is 10.0. The Balaban J connectivity index is 1.42. The number of carbonyl (C=O) groups excluding carboxylic acids is 1. The molecule has 0 fully saturated rings. The van der Waals surface area contributed by atoms with Crippen molar-refractivity contribution in [2.45, 2.75) is 12.5 Å². The van der Waals surface area contributed by atoms with Gasteiger partial charge in [-0.25, -0.2) is 9.37 Å². The third-order valence-electron chi connectivity index (χ3n) is 4.07. The number of hydrogen-bond acceptors (Lipinski definition) is 4. The molecule has 130 valence electrons. The molecule has 1 N–H and O–H groups in total. The van der Waals surface area contributed by atoms with Crippen molar-refractivity contribution in [3.05, 3.63) is 78.6 Å². The number of nitrogens with one attached hydrogen (secondary N) is 1. The lowest BCUT2D eigenvalue weighted by Crippen LogP contribution is -2.28. The van der Waals surface area contributed by atoms with Gasteiger partial charge in [0, 0.05) is 24.5 Å². The number of halogens is 1. The van der Waals surface area contributed by atoms with Crippen LogP contribution >= 0.6 is 0 Å². The Bertz CT molecular complexity index is 955. The van der Waals surface area contributed by atoms with Crippen molar-refractivity contribution in [2.24, 2.45) is 5.16 Å². The zero-order valence-electron chi connectivity index (χ0n) is 13.7. The fraction of sp³-hybridized carbons (Fsp3) is 0.105. The number of anilines is 1. The van der Waals surface area contributed by atoms with Crippen LogP contribution in [0.4, 0.5) is 10.1 Å². The van der Waals surface area contributed by atoms with Gasteiger partial charge in [-0.05, 0) is 23.8 Å². The van der Waals surface area contributed by atoms with E-state index >= 15 is 0 Å². The van der Waals surface area contributed by atoms with E-state index in [1.54, 1.807) is 29.1 Å². The summed E-state index contributed by atoms with van der Waals surface area (Å²) in [6.07, 6.45) is 4.35. The van der Waals surface area contributed by atoms with E-state index in [9.17, 15) is 9.18 Å². The lowest BCUT2D eigenvalue weighted by molar-refractivity contribution is -0.125. The van der Waals surface area contributed by atoms with Gasteiger partial charge < -0.3 is 14.7 Å². The molecular formula is C19H15FN4O2. The van der Waals surface area contributed by atoms with Crippen LogP contribution in [0, 0.1) is 5.82 Å². The minimum absolute atomic E-state index is 0.354. The van der Waals surface area contributed by atoms with Gasteiger partial charge in [-0.15, -0.1) is 0 Å². The van der Waals surface area contributed by atoms with E-state index in [0.717, 1.165) is 5.56 Å². The van der Waals surface area contributed by atoms with E-state index in [4.69, 9.17) is 4.84 Å². The first-order valence-corrected chi connectivity index (χ1v) is 8.07. The quantitative estimate of drug-likeness (QED) is 0.786. The molecule has 1 atom stereocenters. The van der Waals surface area contributed by atoms with E-state index in [2.05, 4.69) is 15.5 Å². The zero-order chi connectivity index (χ0) is 17.9. The lowest BCUT2D eigenvalue weighted by Gasteiger charge is -2.11. The molecule has 26 heavy (non-hydrogen) atoms. The van der Waals surface area contributed by atoms with Crippen molar-refractivity contribution < 1.29 is 14.0 Å². The van der Waals surface area contributed by atoms with Crippen molar-refractivity contribution in [3.8, 4) is 5.69 Å². The summed E-state index contributed by atoms with van der Waals surface area (Å²) in [6.45, 7) is 0. The number of carbonyl (C=O) groups is 1. The summed E-state index contributed by atoms with van der Waals surface area (Å²) >= 11 is 0. The number of imidazole rings is 1. The third-order valence-corrected chi connectivity index (χ3v) is 4.07. The highest BCUT2D eigenvalue weighted by Gasteiger charge is 2.29. The maximum Gasteiger partial charge on any atom is 0.268 e. The highest BCUT2D eigenvalue weighted by molar-refractivity contribution is 6.06. The highest BCUT2D eigenvalue weighted by atomic mass is 19.1. The second-order valence-electron chi connectivity index (χ2n) is 5.83. The molecule has 0 radical (unpaired) electrons. The number of benzene rings is 2. The fourth-order valence-electron chi connectivity index (χ4n) is 2.74. The summed E-state index contributed by atoms with van der Waals surface area (Å²) in [4.78, 5) is 21.5. The van der Waals surface area contributed by atoms with Crippen molar-refractivity contribution >= 4 is 17.3 Å². The Kier molecular flexibility index (Phi) is 4.18. The van der Waals surface area contributed by atoms with E-state index in [1.807, 2.05) is 30.3 Å². The first-order chi connectivity index (χ1) is 12.7. The molecule has 1 amide bonds. The molecule has 0 spiro atoms. The average molecular weight is 350 g/mol. The monoisotopic (exact) mass is 350 g/mol. The van der Waals surface area contributed by atoms with Gasteiger partial charge in [0.1, 0.15) is 5.82 Å². The maximum absolute atomic E-state index is 14.3. The molecule has 0 bridgehead atoms. The number of aromatic nitrogens is 2. The van der Waals surface area contributed by atoms with Gasteiger partial charge in [0.25, 0.3) is 5.91 Å². The van der Waals surface area contributed by atoms with Crippen LogP contribution < -0.4 is 5.32 Å². The molecule has 6 nitrogen and oxygen atoms in total. The minimum atomic E-state index is -0.735. The van der Waals surface area contributed by atoms with Crippen molar-refractivity contribution in [2.75, 3.05) is 5.32 Å². The predicted octanol–water partition coefficient (Wildman–Crippen LogP) is 3.14. The number of oxime groups is 1.